The van der Waals surface area contributed by atoms with Crippen molar-refractivity contribution >= 4 is 5.96 Å². The predicted molar refractivity (Wildman–Crippen MR) is 96.4 cm³/mol. The molecular formula is C18H29N5O. The zero-order chi connectivity index (χ0) is 16.8. The first-order chi connectivity index (χ1) is 11.8. The highest BCUT2D eigenvalue weighted by molar-refractivity contribution is 5.80. The molecule has 0 spiro atoms. The monoisotopic (exact) mass is 331 g/mol. The Labute approximate surface area is 144 Å². The van der Waals surface area contributed by atoms with E-state index >= 15 is 0 Å². The molecule has 3 rings (SSSR count). The van der Waals surface area contributed by atoms with Crippen LogP contribution in [0, 0.1) is 0 Å². The summed E-state index contributed by atoms with van der Waals surface area (Å²) in [6.45, 7) is 5.34. The van der Waals surface area contributed by atoms with Gasteiger partial charge in [0.25, 0.3) is 0 Å². The molecule has 1 N–H and O–H groups in total. The van der Waals surface area contributed by atoms with Gasteiger partial charge in [-0.2, -0.15) is 0 Å². The van der Waals surface area contributed by atoms with E-state index in [0.717, 1.165) is 24.7 Å². The van der Waals surface area contributed by atoms with Crippen molar-refractivity contribution in [2.75, 3.05) is 40.3 Å². The first-order valence-electron chi connectivity index (χ1n) is 8.99. The average Bonchev–Trinajstić information content (AvgIpc) is 3.13. The second kappa shape index (κ2) is 8.33. The van der Waals surface area contributed by atoms with Gasteiger partial charge in [-0.3, -0.25) is 9.89 Å². The number of hydrogen-bond donors (Lipinski definition) is 1. The van der Waals surface area contributed by atoms with Gasteiger partial charge in [0, 0.05) is 32.2 Å². The zero-order valence-electron chi connectivity index (χ0n) is 14.9. The lowest BCUT2D eigenvalue weighted by Crippen LogP contribution is -2.44. The fourth-order valence-electron chi connectivity index (χ4n) is 3.69. The second-order valence-electron chi connectivity index (χ2n) is 6.56. The van der Waals surface area contributed by atoms with Gasteiger partial charge in [-0.1, -0.05) is 12.5 Å². The average molecular weight is 331 g/mol. The van der Waals surface area contributed by atoms with E-state index in [9.17, 15) is 0 Å². The van der Waals surface area contributed by atoms with Crippen LogP contribution in [0.25, 0.3) is 0 Å². The summed E-state index contributed by atoms with van der Waals surface area (Å²) >= 11 is 0. The second-order valence-corrected chi connectivity index (χ2v) is 6.56. The number of likely N-dealkylation sites (tertiary alicyclic amines) is 2. The summed E-state index contributed by atoms with van der Waals surface area (Å²) in [6, 6.07) is 6.51. The molecule has 1 aromatic heterocycles. The molecule has 132 valence electrons. The summed E-state index contributed by atoms with van der Waals surface area (Å²) < 4.78 is 5.18. The number of aliphatic imine (C=N–C) groups is 1. The molecule has 1 atom stereocenters. The number of aromatic nitrogens is 1. The highest BCUT2D eigenvalue weighted by atomic mass is 16.5. The summed E-state index contributed by atoms with van der Waals surface area (Å²) in [7, 11) is 3.50. The molecule has 0 saturated carbocycles. The van der Waals surface area contributed by atoms with Crippen LogP contribution < -0.4 is 10.1 Å². The van der Waals surface area contributed by atoms with Crippen LogP contribution in [-0.2, 0) is 6.54 Å². The fraction of sp³-hybridized carbons (Fsp3) is 0.667. The topological polar surface area (TPSA) is 53.0 Å². The third-order valence-corrected chi connectivity index (χ3v) is 5.00. The molecule has 2 fully saturated rings. The van der Waals surface area contributed by atoms with Gasteiger partial charge in [-0.05, 0) is 38.4 Å². The maximum absolute atomic E-state index is 5.18. The van der Waals surface area contributed by atoms with E-state index in [2.05, 4.69) is 25.1 Å². The van der Waals surface area contributed by atoms with Crippen LogP contribution >= 0.6 is 0 Å². The summed E-state index contributed by atoms with van der Waals surface area (Å²) in [5.74, 6) is 1.62. The van der Waals surface area contributed by atoms with Crippen molar-refractivity contribution < 1.29 is 4.74 Å². The smallest absolute Gasteiger partial charge is 0.213 e. The molecule has 2 saturated heterocycles. The summed E-state index contributed by atoms with van der Waals surface area (Å²) in [5.41, 5.74) is 0.960. The van der Waals surface area contributed by atoms with Gasteiger partial charge >= 0.3 is 0 Å². The van der Waals surface area contributed by atoms with Crippen LogP contribution in [0.5, 0.6) is 5.88 Å². The number of methoxy groups -OCH3 is 1. The van der Waals surface area contributed by atoms with Gasteiger partial charge in [-0.25, -0.2) is 4.98 Å². The molecule has 2 aliphatic rings. The Balaban J connectivity index is 1.53. The first kappa shape index (κ1) is 17.0. The first-order valence-corrected chi connectivity index (χ1v) is 8.99. The molecule has 6 heteroatoms. The largest absolute Gasteiger partial charge is 0.481 e. The zero-order valence-corrected chi connectivity index (χ0v) is 14.9. The van der Waals surface area contributed by atoms with Gasteiger partial charge < -0.3 is 15.0 Å². The molecule has 2 aliphatic heterocycles. The van der Waals surface area contributed by atoms with E-state index in [1.165, 1.54) is 38.8 Å². The van der Waals surface area contributed by atoms with Gasteiger partial charge in [0.15, 0.2) is 5.96 Å². The Hall–Kier alpha value is -1.82. The third kappa shape index (κ3) is 4.17. The third-order valence-electron chi connectivity index (χ3n) is 5.00. The lowest BCUT2D eigenvalue weighted by atomic mass is 10.1. The lowest BCUT2D eigenvalue weighted by Gasteiger charge is -2.32. The number of hydrogen-bond acceptors (Lipinski definition) is 4. The van der Waals surface area contributed by atoms with Crippen LogP contribution in [0.4, 0.5) is 0 Å². The summed E-state index contributed by atoms with van der Waals surface area (Å²) in [5, 5.41) is 3.44. The SMILES string of the molecule is CN=C(NCc1cccc(OC)n1)N1CCC(N2CCCCC2)C1. The molecule has 0 aliphatic carbocycles. The Morgan fingerprint density at radius 3 is 2.88 bits per heavy atom. The molecule has 0 bridgehead atoms. The summed E-state index contributed by atoms with van der Waals surface area (Å²) in [6.07, 6.45) is 5.33. The molecule has 0 aromatic carbocycles. The van der Waals surface area contributed by atoms with Crippen LogP contribution in [0.1, 0.15) is 31.4 Å². The molecule has 24 heavy (non-hydrogen) atoms. The number of rotatable bonds is 4. The molecule has 0 radical (unpaired) electrons. The standard InChI is InChI=1S/C18H29N5O/c1-19-18(20-13-15-7-6-8-17(21-15)24-2)23-12-9-16(14-23)22-10-4-3-5-11-22/h6-8,16H,3-5,9-14H2,1-2H3,(H,19,20). The van der Waals surface area contributed by atoms with Crippen LogP contribution in [0.2, 0.25) is 0 Å². The van der Waals surface area contributed by atoms with E-state index in [1.54, 1.807) is 7.11 Å². The van der Waals surface area contributed by atoms with Crippen molar-refractivity contribution in [1.29, 1.82) is 0 Å². The minimum Gasteiger partial charge on any atom is -0.481 e. The maximum atomic E-state index is 5.18. The molecule has 3 heterocycles. The van der Waals surface area contributed by atoms with Crippen LogP contribution in [-0.4, -0.2) is 67.1 Å². The molecular weight excluding hydrogens is 302 g/mol. The van der Waals surface area contributed by atoms with Gasteiger partial charge in [0.1, 0.15) is 0 Å². The number of pyridine rings is 1. The molecule has 0 amide bonds. The fourth-order valence-corrected chi connectivity index (χ4v) is 3.69. The van der Waals surface area contributed by atoms with Crippen molar-refractivity contribution in [2.24, 2.45) is 4.99 Å². The number of guanidine groups is 1. The minimum atomic E-state index is 0.649. The highest BCUT2D eigenvalue weighted by Gasteiger charge is 2.29. The minimum absolute atomic E-state index is 0.649. The molecule has 1 unspecified atom stereocenters. The number of nitrogens with one attached hydrogen (secondary N) is 1. The van der Waals surface area contributed by atoms with Gasteiger partial charge in [0.2, 0.25) is 5.88 Å². The van der Waals surface area contributed by atoms with E-state index in [4.69, 9.17) is 4.74 Å². The number of piperidine rings is 1. The number of ether oxygens (including phenoxy) is 1. The predicted octanol–water partition coefficient (Wildman–Crippen LogP) is 1.73. The van der Waals surface area contributed by atoms with E-state index in [0.29, 0.717) is 18.5 Å². The molecule has 1 aromatic rings. The van der Waals surface area contributed by atoms with E-state index in [-0.39, 0.29) is 0 Å². The van der Waals surface area contributed by atoms with Crippen molar-refractivity contribution in [3.8, 4) is 5.88 Å². The Morgan fingerprint density at radius 2 is 2.12 bits per heavy atom. The highest BCUT2D eigenvalue weighted by Crippen LogP contribution is 2.20. The van der Waals surface area contributed by atoms with Crippen molar-refractivity contribution in [3.63, 3.8) is 0 Å². The van der Waals surface area contributed by atoms with E-state index < -0.39 is 0 Å². The Bertz CT molecular complexity index is 556. The molecule has 6 nitrogen and oxygen atoms in total. The summed E-state index contributed by atoms with van der Waals surface area (Å²) in [4.78, 5) is 13.9. The van der Waals surface area contributed by atoms with Crippen molar-refractivity contribution in [3.05, 3.63) is 23.9 Å². The maximum Gasteiger partial charge on any atom is 0.213 e. The Morgan fingerprint density at radius 1 is 1.29 bits per heavy atom. The number of nitrogens with zero attached hydrogens (tertiary/aromatic N) is 4. The van der Waals surface area contributed by atoms with Crippen LogP contribution in [0.3, 0.4) is 0 Å². The van der Waals surface area contributed by atoms with E-state index in [1.807, 2.05) is 25.2 Å². The van der Waals surface area contributed by atoms with Gasteiger partial charge in [-0.15, -0.1) is 0 Å². The Kier molecular flexibility index (Phi) is 5.91. The van der Waals surface area contributed by atoms with Crippen molar-refractivity contribution in [1.82, 2.24) is 20.1 Å². The lowest BCUT2D eigenvalue weighted by molar-refractivity contribution is 0.168. The normalized spacial score (nSPS) is 22.7. The quantitative estimate of drug-likeness (QED) is 0.673. The van der Waals surface area contributed by atoms with Crippen LogP contribution in [0.15, 0.2) is 23.2 Å². The van der Waals surface area contributed by atoms with Gasteiger partial charge in [0.05, 0.1) is 19.3 Å². The van der Waals surface area contributed by atoms with Crippen molar-refractivity contribution in [2.45, 2.75) is 38.3 Å².